The summed E-state index contributed by atoms with van der Waals surface area (Å²) in [6.45, 7) is 3.83. The third-order valence-corrected chi connectivity index (χ3v) is 4.57. The molecule has 0 spiro atoms. The molecule has 2 aromatic rings. The molecule has 0 aromatic heterocycles. The van der Waals surface area contributed by atoms with Crippen molar-refractivity contribution >= 4 is 39.1 Å². The normalized spacial score (nSPS) is 10.5. The Bertz CT molecular complexity index is 752. The molecule has 0 unspecified atom stereocenters. The molecule has 0 saturated carbocycles. The Labute approximate surface area is 154 Å². The van der Waals surface area contributed by atoms with Gasteiger partial charge in [0.2, 0.25) is 0 Å². The van der Waals surface area contributed by atoms with Crippen molar-refractivity contribution in [2.45, 2.75) is 26.7 Å². The SMILES string of the molecule is CCc1ccc(Cl)c(CC)c1NC(=O)COc1ccc(F)cc1Br. The minimum Gasteiger partial charge on any atom is -0.483 e. The lowest BCUT2D eigenvalue weighted by Gasteiger charge is -2.16. The summed E-state index contributed by atoms with van der Waals surface area (Å²) in [6, 6.07) is 7.80. The van der Waals surface area contributed by atoms with Crippen LogP contribution in [0.25, 0.3) is 0 Å². The van der Waals surface area contributed by atoms with Gasteiger partial charge in [0.25, 0.3) is 5.91 Å². The van der Waals surface area contributed by atoms with E-state index in [4.69, 9.17) is 16.3 Å². The number of aryl methyl sites for hydroxylation is 1. The van der Waals surface area contributed by atoms with Crippen LogP contribution in [0.5, 0.6) is 5.75 Å². The largest absolute Gasteiger partial charge is 0.483 e. The lowest BCUT2D eigenvalue weighted by Crippen LogP contribution is -2.22. The van der Waals surface area contributed by atoms with Gasteiger partial charge >= 0.3 is 0 Å². The lowest BCUT2D eigenvalue weighted by atomic mass is 10.0. The second kappa shape index (κ2) is 8.49. The summed E-state index contributed by atoms with van der Waals surface area (Å²) in [5.74, 6) is -0.264. The highest BCUT2D eigenvalue weighted by molar-refractivity contribution is 9.10. The van der Waals surface area contributed by atoms with Gasteiger partial charge in [-0.1, -0.05) is 31.5 Å². The van der Waals surface area contributed by atoms with Crippen LogP contribution in [0.1, 0.15) is 25.0 Å². The molecule has 0 bridgehead atoms. The van der Waals surface area contributed by atoms with Gasteiger partial charge in [-0.05, 0) is 64.2 Å². The molecule has 0 heterocycles. The number of hydrogen-bond donors (Lipinski definition) is 1. The number of benzene rings is 2. The average molecular weight is 415 g/mol. The molecule has 0 atom stereocenters. The Morgan fingerprint density at radius 3 is 2.62 bits per heavy atom. The van der Waals surface area contributed by atoms with Crippen molar-refractivity contribution in [2.24, 2.45) is 0 Å². The van der Waals surface area contributed by atoms with Crippen LogP contribution < -0.4 is 10.1 Å². The van der Waals surface area contributed by atoms with Crippen LogP contribution >= 0.6 is 27.5 Å². The smallest absolute Gasteiger partial charge is 0.262 e. The predicted octanol–water partition coefficient (Wildman–Crippen LogP) is 5.38. The molecule has 6 heteroatoms. The first-order valence-electron chi connectivity index (χ1n) is 7.64. The summed E-state index contributed by atoms with van der Waals surface area (Å²) in [5, 5.41) is 3.52. The standard InChI is InChI=1S/C18H18BrClFNO2/c1-3-11-5-7-15(20)13(4-2)18(11)22-17(23)10-24-16-8-6-12(21)9-14(16)19/h5-9H,3-4,10H2,1-2H3,(H,22,23). The van der Waals surface area contributed by atoms with Crippen molar-refractivity contribution in [3.05, 3.63) is 56.8 Å². The first-order chi connectivity index (χ1) is 11.5. The quantitative estimate of drug-likeness (QED) is 0.689. The van der Waals surface area contributed by atoms with E-state index in [9.17, 15) is 9.18 Å². The van der Waals surface area contributed by atoms with Gasteiger partial charge in [0.05, 0.1) is 4.47 Å². The van der Waals surface area contributed by atoms with Crippen LogP contribution in [0.2, 0.25) is 5.02 Å². The van der Waals surface area contributed by atoms with Crippen molar-refractivity contribution in [2.75, 3.05) is 11.9 Å². The Morgan fingerprint density at radius 1 is 1.25 bits per heavy atom. The number of halogens is 3. The second-order valence-corrected chi connectivity index (χ2v) is 6.44. The molecule has 0 radical (unpaired) electrons. The number of ether oxygens (including phenoxy) is 1. The maximum absolute atomic E-state index is 13.1. The molecule has 1 amide bonds. The molecule has 0 aliphatic rings. The highest BCUT2D eigenvalue weighted by Gasteiger charge is 2.14. The highest BCUT2D eigenvalue weighted by atomic mass is 79.9. The van der Waals surface area contributed by atoms with Crippen molar-refractivity contribution < 1.29 is 13.9 Å². The van der Waals surface area contributed by atoms with E-state index in [1.54, 1.807) is 0 Å². The summed E-state index contributed by atoms with van der Waals surface area (Å²) >= 11 is 9.43. The van der Waals surface area contributed by atoms with E-state index in [0.29, 0.717) is 21.7 Å². The van der Waals surface area contributed by atoms with Crippen LogP contribution in [-0.2, 0) is 17.6 Å². The number of hydrogen-bond acceptors (Lipinski definition) is 2. The van der Waals surface area contributed by atoms with Gasteiger partial charge in [-0.2, -0.15) is 0 Å². The maximum Gasteiger partial charge on any atom is 0.262 e. The fraction of sp³-hybridized carbons (Fsp3) is 0.278. The topological polar surface area (TPSA) is 38.3 Å². The van der Waals surface area contributed by atoms with E-state index in [1.165, 1.54) is 18.2 Å². The lowest BCUT2D eigenvalue weighted by molar-refractivity contribution is -0.118. The van der Waals surface area contributed by atoms with Gasteiger partial charge in [0.15, 0.2) is 6.61 Å². The molecular formula is C18H18BrClFNO2. The average Bonchev–Trinajstić information content (AvgIpc) is 2.54. The summed E-state index contributed by atoms with van der Waals surface area (Å²) < 4.78 is 19.0. The van der Waals surface area contributed by atoms with Gasteiger partial charge < -0.3 is 10.1 Å². The Balaban J connectivity index is 2.11. The molecule has 2 rings (SSSR count). The molecule has 0 fully saturated rings. The summed E-state index contributed by atoms with van der Waals surface area (Å²) in [5.41, 5.74) is 2.68. The maximum atomic E-state index is 13.1. The van der Waals surface area contributed by atoms with Gasteiger partial charge in [0, 0.05) is 10.7 Å². The minimum absolute atomic E-state index is 0.178. The first-order valence-corrected chi connectivity index (χ1v) is 8.81. The highest BCUT2D eigenvalue weighted by Crippen LogP contribution is 2.30. The molecule has 128 valence electrons. The minimum atomic E-state index is -0.377. The van der Waals surface area contributed by atoms with E-state index in [1.807, 2.05) is 26.0 Å². The fourth-order valence-corrected chi connectivity index (χ4v) is 3.13. The molecule has 2 aromatic carbocycles. The second-order valence-electron chi connectivity index (χ2n) is 5.18. The van der Waals surface area contributed by atoms with Crippen LogP contribution in [0.4, 0.5) is 10.1 Å². The predicted molar refractivity (Wildman–Crippen MR) is 98.4 cm³/mol. The molecule has 3 nitrogen and oxygen atoms in total. The Morgan fingerprint density at radius 2 is 2.00 bits per heavy atom. The van der Waals surface area contributed by atoms with Crippen molar-refractivity contribution in [3.8, 4) is 5.75 Å². The monoisotopic (exact) mass is 413 g/mol. The van der Waals surface area contributed by atoms with Crippen LogP contribution in [-0.4, -0.2) is 12.5 Å². The first kappa shape index (κ1) is 18.7. The van der Waals surface area contributed by atoms with Crippen LogP contribution in [0.15, 0.2) is 34.8 Å². The molecule has 0 aliphatic heterocycles. The van der Waals surface area contributed by atoms with Gasteiger partial charge in [0.1, 0.15) is 11.6 Å². The number of nitrogens with one attached hydrogen (secondary N) is 1. The zero-order valence-electron chi connectivity index (χ0n) is 13.5. The van der Waals surface area contributed by atoms with E-state index < -0.39 is 0 Å². The number of rotatable bonds is 6. The summed E-state index contributed by atoms with van der Waals surface area (Å²) in [4.78, 5) is 12.2. The van der Waals surface area contributed by atoms with E-state index in [0.717, 1.165) is 23.2 Å². The van der Waals surface area contributed by atoms with Crippen LogP contribution in [0, 0.1) is 5.82 Å². The van der Waals surface area contributed by atoms with Crippen molar-refractivity contribution in [1.82, 2.24) is 0 Å². The molecule has 0 aliphatic carbocycles. The summed E-state index contributed by atoms with van der Waals surface area (Å²) in [6.07, 6.45) is 1.50. The summed E-state index contributed by atoms with van der Waals surface area (Å²) in [7, 11) is 0. The van der Waals surface area contributed by atoms with Crippen LogP contribution in [0.3, 0.4) is 0 Å². The zero-order chi connectivity index (χ0) is 17.7. The number of amides is 1. The fourth-order valence-electron chi connectivity index (χ4n) is 2.38. The van der Waals surface area contributed by atoms with Crippen molar-refractivity contribution in [3.63, 3.8) is 0 Å². The number of carbonyl (C=O) groups excluding carboxylic acids is 1. The number of anilines is 1. The Kier molecular flexibility index (Phi) is 6.63. The third-order valence-electron chi connectivity index (χ3n) is 3.59. The number of carbonyl (C=O) groups is 1. The zero-order valence-corrected chi connectivity index (χ0v) is 15.8. The van der Waals surface area contributed by atoms with Gasteiger partial charge in [-0.15, -0.1) is 0 Å². The molecule has 24 heavy (non-hydrogen) atoms. The third kappa shape index (κ3) is 4.48. The molecule has 0 saturated heterocycles. The van der Waals surface area contributed by atoms with Gasteiger partial charge in [-0.3, -0.25) is 4.79 Å². The Hall–Kier alpha value is -1.59. The van der Waals surface area contributed by atoms with Crippen molar-refractivity contribution in [1.29, 1.82) is 0 Å². The van der Waals surface area contributed by atoms with E-state index >= 15 is 0 Å². The van der Waals surface area contributed by atoms with Gasteiger partial charge in [-0.25, -0.2) is 4.39 Å². The van der Waals surface area contributed by atoms with E-state index in [-0.39, 0.29) is 18.3 Å². The van der Waals surface area contributed by atoms with E-state index in [2.05, 4.69) is 21.2 Å². The molecule has 1 N–H and O–H groups in total. The molecular weight excluding hydrogens is 397 g/mol.